The van der Waals surface area contributed by atoms with Crippen LogP contribution in [0.25, 0.3) is 0 Å². The molecular weight excluding hydrogens is 356 g/mol. The molecule has 10 unspecified atom stereocenters. The number of aliphatic hydroxyl groups excluding tert-OH is 1. The third kappa shape index (κ3) is 1.52. The Bertz CT molecular complexity index is 805. The van der Waals surface area contributed by atoms with E-state index in [1.165, 1.54) is 0 Å². The highest BCUT2D eigenvalue weighted by atomic mass is 16.5. The summed E-state index contributed by atoms with van der Waals surface area (Å²) in [5.74, 6) is -0.716. The molecule has 0 amide bonds. The number of aliphatic hydroxyl groups is 1. The minimum Gasteiger partial charge on any atom is -0.392 e. The van der Waals surface area contributed by atoms with Crippen molar-refractivity contribution in [2.75, 3.05) is 6.61 Å². The molecule has 0 aromatic heterocycles. The number of hydrogen-bond donors (Lipinski definition) is 1. The van der Waals surface area contributed by atoms with E-state index in [0.717, 1.165) is 19.3 Å². The lowest BCUT2D eigenvalue weighted by Gasteiger charge is -2.86. The van der Waals surface area contributed by atoms with Gasteiger partial charge in [0.05, 0.1) is 24.2 Å². The van der Waals surface area contributed by atoms with Gasteiger partial charge in [-0.3, -0.25) is 14.4 Å². The van der Waals surface area contributed by atoms with Crippen LogP contribution in [0.3, 0.4) is 0 Å². The average Bonchev–Trinajstić information content (AvgIpc) is 2.61. The molecule has 28 heavy (non-hydrogen) atoms. The molecule has 5 heteroatoms. The Balaban J connectivity index is 1.79. The zero-order valence-corrected chi connectivity index (χ0v) is 17.6. The second kappa shape index (κ2) is 5.15. The number of Topliss-reactive ketones (excluding diaryl/α,β-unsaturated/α-hetero) is 3. The van der Waals surface area contributed by atoms with Crippen LogP contribution in [0.4, 0.5) is 0 Å². The summed E-state index contributed by atoms with van der Waals surface area (Å²) >= 11 is 0. The van der Waals surface area contributed by atoms with E-state index < -0.39 is 22.3 Å². The molecule has 10 atom stereocenters. The van der Waals surface area contributed by atoms with Gasteiger partial charge in [0.2, 0.25) is 11.6 Å². The van der Waals surface area contributed by atoms with Gasteiger partial charge in [-0.1, -0.05) is 20.8 Å². The third-order valence-electron chi connectivity index (χ3n) is 10.8. The van der Waals surface area contributed by atoms with E-state index in [4.69, 9.17) is 4.74 Å². The molecule has 5 rings (SSSR count). The Morgan fingerprint density at radius 3 is 2.54 bits per heavy atom. The zero-order chi connectivity index (χ0) is 20.4. The average molecular weight is 389 g/mol. The van der Waals surface area contributed by atoms with Gasteiger partial charge in [0.25, 0.3) is 0 Å². The Hall–Kier alpha value is -1.07. The van der Waals surface area contributed by atoms with Gasteiger partial charge in [0, 0.05) is 29.6 Å². The van der Waals surface area contributed by atoms with E-state index in [1.807, 2.05) is 13.8 Å². The fourth-order valence-electron chi connectivity index (χ4n) is 9.24. The lowest BCUT2D eigenvalue weighted by atomic mass is 9.17. The predicted molar refractivity (Wildman–Crippen MR) is 101 cm³/mol. The Labute approximate surface area is 166 Å². The van der Waals surface area contributed by atoms with Gasteiger partial charge < -0.3 is 9.84 Å². The van der Waals surface area contributed by atoms with Crippen molar-refractivity contribution in [3.05, 3.63) is 0 Å². The zero-order valence-electron chi connectivity index (χ0n) is 17.6. The molecule has 5 fully saturated rings. The van der Waals surface area contributed by atoms with Crippen molar-refractivity contribution in [3.8, 4) is 0 Å². The number of hydrogen-bond acceptors (Lipinski definition) is 5. The highest BCUT2D eigenvalue weighted by Gasteiger charge is 2.89. The predicted octanol–water partition coefficient (Wildman–Crippen LogP) is 2.58. The maximum Gasteiger partial charge on any atom is 0.207 e. The first-order chi connectivity index (χ1) is 13.0. The first-order valence-electron chi connectivity index (χ1n) is 10.9. The first-order valence-corrected chi connectivity index (χ1v) is 10.9. The topological polar surface area (TPSA) is 80.7 Å². The fourth-order valence-corrected chi connectivity index (χ4v) is 9.24. The summed E-state index contributed by atoms with van der Waals surface area (Å²) in [4.78, 5) is 39.6. The van der Waals surface area contributed by atoms with Crippen LogP contribution >= 0.6 is 0 Å². The van der Waals surface area contributed by atoms with Crippen LogP contribution in [0.5, 0.6) is 0 Å². The minimum absolute atomic E-state index is 0.0376. The Morgan fingerprint density at radius 1 is 1.29 bits per heavy atom. The number of carbonyl (C=O) groups excluding carboxylic acids is 3. The Kier molecular flexibility index (Phi) is 3.48. The lowest BCUT2D eigenvalue weighted by molar-refractivity contribution is -0.402. The van der Waals surface area contributed by atoms with Gasteiger partial charge >= 0.3 is 0 Å². The van der Waals surface area contributed by atoms with Gasteiger partial charge in [-0.05, 0) is 49.9 Å². The molecule has 1 spiro atoms. The standard InChI is InChI=1S/C23H32O5/c1-11-6-7-22(12(2)13(3)24)10-23-14-9-28-15(14)8-16(25)20(23,4)19(27)18(26)17(11)21(22,23)5/h11-12,14-17,25H,6-10H2,1-5H3. The van der Waals surface area contributed by atoms with Gasteiger partial charge in [-0.25, -0.2) is 0 Å². The van der Waals surface area contributed by atoms with Crippen LogP contribution < -0.4 is 0 Å². The molecule has 5 nitrogen and oxygen atoms in total. The number of rotatable bonds is 2. The normalized spacial score (nSPS) is 57.9. The summed E-state index contributed by atoms with van der Waals surface area (Å²) in [7, 11) is 0. The molecule has 5 aliphatic rings. The molecule has 0 aromatic rings. The highest BCUT2D eigenvalue weighted by molar-refractivity contribution is 6.41. The fraction of sp³-hybridized carbons (Fsp3) is 0.870. The van der Waals surface area contributed by atoms with Crippen molar-refractivity contribution in [1.82, 2.24) is 0 Å². The van der Waals surface area contributed by atoms with Crippen molar-refractivity contribution in [3.63, 3.8) is 0 Å². The van der Waals surface area contributed by atoms with E-state index in [1.54, 1.807) is 6.92 Å². The van der Waals surface area contributed by atoms with E-state index in [-0.39, 0.29) is 52.5 Å². The van der Waals surface area contributed by atoms with Crippen LogP contribution in [-0.2, 0) is 19.1 Å². The quantitative estimate of drug-likeness (QED) is 0.736. The molecule has 0 aromatic carbocycles. The summed E-state index contributed by atoms with van der Waals surface area (Å²) in [5, 5.41) is 11.1. The SMILES string of the molecule is CC(=O)C(C)C12CCC(C)C3C(=O)C(=O)C4(C)C(O)CC5OCC5C4(C1)C32C. The molecule has 0 radical (unpaired) electrons. The van der Waals surface area contributed by atoms with Crippen molar-refractivity contribution < 1.29 is 24.2 Å². The maximum absolute atomic E-state index is 13.5. The molecule has 1 saturated heterocycles. The van der Waals surface area contributed by atoms with Gasteiger partial charge in [-0.15, -0.1) is 0 Å². The molecule has 154 valence electrons. The van der Waals surface area contributed by atoms with Gasteiger partial charge in [0.15, 0.2) is 0 Å². The third-order valence-corrected chi connectivity index (χ3v) is 10.8. The van der Waals surface area contributed by atoms with Crippen LogP contribution in [-0.4, -0.2) is 41.3 Å². The van der Waals surface area contributed by atoms with Crippen LogP contribution in [0, 0.1) is 45.3 Å². The molecule has 1 heterocycles. The van der Waals surface area contributed by atoms with E-state index in [2.05, 4.69) is 13.8 Å². The second-order valence-electron chi connectivity index (χ2n) is 11.0. The summed E-state index contributed by atoms with van der Waals surface area (Å²) in [6, 6.07) is 0. The largest absolute Gasteiger partial charge is 0.392 e. The summed E-state index contributed by atoms with van der Waals surface area (Å²) < 4.78 is 5.82. The van der Waals surface area contributed by atoms with Crippen molar-refractivity contribution >= 4 is 17.3 Å². The van der Waals surface area contributed by atoms with E-state index >= 15 is 0 Å². The van der Waals surface area contributed by atoms with Gasteiger partial charge in [0.1, 0.15) is 5.78 Å². The van der Waals surface area contributed by atoms with E-state index in [9.17, 15) is 19.5 Å². The van der Waals surface area contributed by atoms with Crippen molar-refractivity contribution in [2.45, 2.75) is 72.5 Å². The minimum atomic E-state index is -1.07. The van der Waals surface area contributed by atoms with Crippen LogP contribution in [0.15, 0.2) is 0 Å². The van der Waals surface area contributed by atoms with Crippen LogP contribution in [0.1, 0.15) is 60.3 Å². The second-order valence-corrected chi connectivity index (χ2v) is 11.0. The molecule has 1 N–H and O–H groups in total. The summed E-state index contributed by atoms with van der Waals surface area (Å²) in [6.07, 6.45) is 2.05. The molecule has 0 bridgehead atoms. The number of ketones is 3. The number of fused-ring (bicyclic) bond motifs is 1. The number of carbonyl (C=O) groups is 3. The van der Waals surface area contributed by atoms with E-state index in [0.29, 0.717) is 13.0 Å². The highest BCUT2D eigenvalue weighted by Crippen LogP contribution is 2.88. The smallest absolute Gasteiger partial charge is 0.207 e. The molecular formula is C23H32O5. The van der Waals surface area contributed by atoms with Crippen molar-refractivity contribution in [2.24, 2.45) is 45.3 Å². The Morgan fingerprint density at radius 2 is 1.96 bits per heavy atom. The first kappa shape index (κ1) is 18.9. The molecule has 4 aliphatic carbocycles. The summed E-state index contributed by atoms with van der Waals surface area (Å²) in [5.41, 5.74) is -2.27. The molecule has 1 aliphatic heterocycles. The number of ether oxygens (including phenoxy) is 1. The molecule has 4 saturated carbocycles. The maximum atomic E-state index is 13.5. The lowest BCUT2D eigenvalue weighted by Crippen LogP contribution is -2.88. The van der Waals surface area contributed by atoms with Gasteiger partial charge in [-0.2, -0.15) is 0 Å². The summed E-state index contributed by atoms with van der Waals surface area (Å²) in [6.45, 7) is 10.4. The monoisotopic (exact) mass is 388 g/mol. The van der Waals surface area contributed by atoms with Crippen LogP contribution in [0.2, 0.25) is 0 Å². The van der Waals surface area contributed by atoms with Crippen molar-refractivity contribution in [1.29, 1.82) is 0 Å².